The molecule has 3 saturated heterocycles. The fraction of sp³-hybridized carbons (Fsp3) is 0.377. The Morgan fingerprint density at radius 2 is 0.880 bits per heavy atom. The molecule has 468 valence electrons. The van der Waals surface area contributed by atoms with Gasteiger partial charge >= 0.3 is 0 Å². The zero-order chi connectivity index (χ0) is 63.3. The summed E-state index contributed by atoms with van der Waals surface area (Å²) in [5, 5.41) is 64.2. The van der Waals surface area contributed by atoms with Crippen LogP contribution in [0.2, 0.25) is 0 Å². The Morgan fingerprint density at radius 1 is 0.478 bits per heavy atom. The Labute approximate surface area is 528 Å². The van der Waals surface area contributed by atoms with Crippen molar-refractivity contribution in [1.82, 2.24) is 89.5 Å². The monoisotopic (exact) mass is 1240 g/mol. The first kappa shape index (κ1) is 60.2. The number of aliphatic hydroxyl groups is 1. The fourth-order valence-electron chi connectivity index (χ4n) is 13.3. The molecule has 4 aliphatic rings. The van der Waals surface area contributed by atoms with Crippen LogP contribution in [0.25, 0.3) is 83.4 Å². The van der Waals surface area contributed by atoms with E-state index in [9.17, 15) is 10.4 Å². The molecular formula is C69H70F3N19O. The maximum absolute atomic E-state index is 15.1. The molecule has 0 unspecified atom stereocenters. The molecule has 23 heteroatoms. The molecule has 12 aromatic rings. The lowest BCUT2D eigenvalue weighted by molar-refractivity contribution is 0.220. The van der Waals surface area contributed by atoms with Crippen LogP contribution in [0.3, 0.4) is 0 Å². The third-order valence-corrected chi connectivity index (χ3v) is 18.6. The highest BCUT2D eigenvalue weighted by molar-refractivity contribution is 5.87. The molecule has 2 N–H and O–H groups in total. The summed E-state index contributed by atoms with van der Waals surface area (Å²) in [6.07, 6.45) is 13.9. The van der Waals surface area contributed by atoms with Gasteiger partial charge in [0.15, 0.2) is 16.9 Å². The summed E-state index contributed by atoms with van der Waals surface area (Å²) < 4.78 is 50.4. The zero-order valence-electron chi connectivity index (χ0n) is 52.1. The first-order valence-electron chi connectivity index (χ1n) is 31.9. The van der Waals surface area contributed by atoms with Gasteiger partial charge in [-0.3, -0.25) is 0 Å². The van der Waals surface area contributed by atoms with E-state index >= 15 is 13.2 Å². The molecule has 0 amide bonds. The minimum atomic E-state index is -0.364. The van der Waals surface area contributed by atoms with E-state index in [1.54, 1.807) is 51.8 Å². The summed E-state index contributed by atoms with van der Waals surface area (Å²) in [4.78, 5) is 18.2. The van der Waals surface area contributed by atoms with E-state index in [4.69, 9.17) is 5.10 Å². The average molecular weight is 1240 g/mol. The van der Waals surface area contributed by atoms with Crippen LogP contribution in [0, 0.1) is 49.6 Å². The minimum Gasteiger partial charge on any atom is -0.392 e. The summed E-state index contributed by atoms with van der Waals surface area (Å²) in [6.45, 7) is 18.0. The number of aromatic nitrogens is 15. The standard InChI is InChI=1S/C23H22FN7.C23H25FN6O.C23H23FN6/c1-3-30-6-4-15(5-7-30)20-11-18-19(24)8-16(9-22(18)28-27-20)21-10-17(12-25)23-26-14(2)13-31(23)29-21;1-3-29-6-4-15(5-7-29)20-11-18-19(24)8-16(9-22(18)27-26-20)21-10-17(13-31)23-25-14(2)12-30(23)28-21;1-13-12-30-23(26-13)17(14-2-3-14)10-21(29-30)16-8-19(24)18-11-20(27-28-22(18)9-16)15-4-6-25-7-5-15/h8-11,13,15H,3-7H2,1-2H3;8-12,15,31H,3-7,13H2,1-2H3;8-12,14-15,25H,2-7H2,1H3. The topological polar surface area (TPSA) is 230 Å². The summed E-state index contributed by atoms with van der Waals surface area (Å²) in [6, 6.07) is 23.1. The number of nitriles is 1. The SMILES string of the molecule is CCN1CCC(c2cc3c(F)cc(-c4cc(C#N)c5nc(C)cn5n4)cc3nn2)CC1.CCN1CCC(c2cc3c(F)cc(-c4cc(CO)c5nc(C)cn5n4)cc3nn2)CC1.Cc1cn2nc(-c3cc(F)c4cc(C5CCNCC5)nnc4c3)cc(C3CC3)c2n1. The van der Waals surface area contributed by atoms with E-state index in [2.05, 4.69) is 96.8 Å². The highest BCUT2D eigenvalue weighted by atomic mass is 19.1. The van der Waals surface area contributed by atoms with E-state index in [1.165, 1.54) is 30.5 Å². The van der Waals surface area contributed by atoms with Gasteiger partial charge in [0, 0.05) is 61.7 Å². The molecule has 12 heterocycles. The number of hydrogen-bond donors (Lipinski definition) is 2. The molecule has 9 aromatic heterocycles. The average Bonchev–Trinajstić information content (AvgIpc) is 1.79. The highest BCUT2D eigenvalue weighted by Crippen LogP contribution is 2.43. The number of halogens is 3. The number of piperidine rings is 3. The number of fused-ring (bicyclic) bond motifs is 6. The van der Waals surface area contributed by atoms with Gasteiger partial charge in [0.05, 0.1) is 98.6 Å². The number of benzene rings is 3. The van der Waals surface area contributed by atoms with Crippen molar-refractivity contribution in [3.05, 3.63) is 160 Å². The van der Waals surface area contributed by atoms with Crippen LogP contribution < -0.4 is 5.32 Å². The van der Waals surface area contributed by atoms with Gasteiger partial charge in [0.2, 0.25) is 0 Å². The van der Waals surface area contributed by atoms with Crippen LogP contribution in [0.5, 0.6) is 0 Å². The van der Waals surface area contributed by atoms with Gasteiger partial charge in [0.1, 0.15) is 23.5 Å². The summed E-state index contributed by atoms with van der Waals surface area (Å²) in [5.41, 5.74) is 14.5. The number of hydrogen-bond acceptors (Lipinski definition) is 17. The van der Waals surface area contributed by atoms with E-state index < -0.39 is 0 Å². The van der Waals surface area contributed by atoms with Crippen molar-refractivity contribution in [1.29, 1.82) is 5.26 Å². The van der Waals surface area contributed by atoms with E-state index in [1.807, 2.05) is 55.7 Å². The van der Waals surface area contributed by atoms with Gasteiger partial charge in [0.25, 0.3) is 0 Å². The Morgan fingerprint density at radius 3 is 1.32 bits per heavy atom. The lowest BCUT2D eigenvalue weighted by Crippen LogP contribution is -2.32. The van der Waals surface area contributed by atoms with Crippen molar-refractivity contribution >= 4 is 49.7 Å². The molecule has 0 atom stereocenters. The van der Waals surface area contributed by atoms with Gasteiger partial charge in [-0.25, -0.2) is 41.7 Å². The molecular weight excluding hydrogens is 1170 g/mol. The number of aliphatic hydroxyl groups excluding tert-OH is 1. The van der Waals surface area contributed by atoms with Gasteiger partial charge < -0.3 is 20.2 Å². The second-order valence-electron chi connectivity index (χ2n) is 24.9. The van der Waals surface area contributed by atoms with Crippen LogP contribution in [0.4, 0.5) is 13.2 Å². The number of rotatable bonds is 10. The summed E-state index contributed by atoms with van der Waals surface area (Å²) in [7, 11) is 0. The number of likely N-dealkylation sites (tertiary alicyclic amines) is 2. The molecule has 92 heavy (non-hydrogen) atoms. The summed E-state index contributed by atoms with van der Waals surface area (Å²) >= 11 is 0. The van der Waals surface area contributed by atoms with Gasteiger partial charge in [-0.1, -0.05) is 13.8 Å². The number of nitrogens with one attached hydrogen (secondary N) is 1. The minimum absolute atomic E-state index is 0.175. The third-order valence-electron chi connectivity index (χ3n) is 18.6. The third kappa shape index (κ3) is 12.2. The normalized spacial score (nSPS) is 16.4. The van der Waals surface area contributed by atoms with Crippen LogP contribution in [0.15, 0.2) is 91.4 Å². The maximum Gasteiger partial charge on any atom is 0.171 e. The Kier molecular flexibility index (Phi) is 16.6. The molecule has 16 rings (SSSR count). The largest absolute Gasteiger partial charge is 0.392 e. The van der Waals surface area contributed by atoms with E-state index in [0.29, 0.717) is 101 Å². The van der Waals surface area contributed by atoms with Crippen molar-refractivity contribution in [3.63, 3.8) is 0 Å². The lowest BCUT2D eigenvalue weighted by atomic mass is 9.92. The number of nitrogens with zero attached hydrogens (tertiary/aromatic N) is 18. The predicted octanol–water partition coefficient (Wildman–Crippen LogP) is 11.5. The first-order chi connectivity index (χ1) is 44.8. The van der Waals surface area contributed by atoms with Gasteiger partial charge in [-0.2, -0.15) is 51.2 Å². The molecule has 0 spiro atoms. The van der Waals surface area contributed by atoms with Gasteiger partial charge in [-0.15, -0.1) is 0 Å². The molecule has 1 saturated carbocycles. The van der Waals surface area contributed by atoms with Crippen molar-refractivity contribution in [2.24, 2.45) is 0 Å². The molecule has 0 radical (unpaired) electrons. The molecule has 3 aliphatic heterocycles. The maximum atomic E-state index is 15.1. The van der Waals surface area contributed by atoms with Crippen LogP contribution in [-0.2, 0) is 6.61 Å². The van der Waals surface area contributed by atoms with E-state index in [-0.39, 0.29) is 24.1 Å². The first-order valence-corrected chi connectivity index (χ1v) is 31.9. The lowest BCUT2D eigenvalue weighted by Gasteiger charge is -2.30. The van der Waals surface area contributed by atoms with Crippen molar-refractivity contribution in [2.45, 2.75) is 116 Å². The molecule has 1 aliphatic carbocycles. The summed E-state index contributed by atoms with van der Waals surface area (Å²) in [5.74, 6) is 0.514. The van der Waals surface area contributed by atoms with E-state index in [0.717, 1.165) is 142 Å². The second-order valence-corrected chi connectivity index (χ2v) is 24.9. The smallest absolute Gasteiger partial charge is 0.171 e. The van der Waals surface area contributed by atoms with Crippen molar-refractivity contribution < 1.29 is 18.3 Å². The quantitative estimate of drug-likeness (QED) is 0.130. The molecule has 4 fully saturated rings. The number of imidazole rings is 3. The van der Waals surface area contributed by atoms with Crippen LogP contribution in [-0.4, -0.2) is 142 Å². The predicted molar refractivity (Wildman–Crippen MR) is 344 cm³/mol. The molecule has 0 bridgehead atoms. The Balaban J connectivity index is 0.000000120. The Bertz CT molecular complexity index is 4820. The Hall–Kier alpha value is -9.34. The van der Waals surface area contributed by atoms with Crippen LogP contribution in [0.1, 0.15) is 140 Å². The van der Waals surface area contributed by atoms with Crippen LogP contribution >= 0.6 is 0 Å². The van der Waals surface area contributed by atoms with Gasteiger partial charge in [-0.05, 0) is 203 Å². The van der Waals surface area contributed by atoms with Crippen molar-refractivity contribution in [3.8, 4) is 39.8 Å². The zero-order valence-corrected chi connectivity index (χ0v) is 52.1. The highest BCUT2D eigenvalue weighted by Gasteiger charge is 2.29. The molecule has 20 nitrogen and oxygen atoms in total. The molecule has 3 aromatic carbocycles. The fourth-order valence-corrected chi connectivity index (χ4v) is 13.3. The van der Waals surface area contributed by atoms with Crippen molar-refractivity contribution in [2.75, 3.05) is 52.4 Å². The number of aryl methyl sites for hydroxylation is 3. The second kappa shape index (κ2) is 25.4.